The van der Waals surface area contributed by atoms with Crippen LogP contribution in [0, 0.1) is 20.8 Å². The maximum absolute atomic E-state index is 13.0. The number of thiophene rings is 1. The number of hydrogen-bond donors (Lipinski definition) is 0. The summed E-state index contributed by atoms with van der Waals surface area (Å²) < 4.78 is 0. The van der Waals surface area contributed by atoms with Gasteiger partial charge in [0.15, 0.2) is 0 Å². The number of aromatic nitrogens is 2. The molecule has 0 bridgehead atoms. The van der Waals surface area contributed by atoms with Gasteiger partial charge in [0, 0.05) is 22.0 Å². The number of hydrogen-bond acceptors (Lipinski definition) is 5. The minimum atomic E-state index is 0.140. The number of aryl methyl sites for hydroxylation is 3. The molecule has 0 aliphatic carbocycles. The second-order valence-electron chi connectivity index (χ2n) is 6.77. The molecule has 4 rings (SSSR count). The molecule has 1 aromatic carbocycles. The smallest absolute Gasteiger partial charge is 0.237 e. The lowest BCUT2D eigenvalue weighted by Gasteiger charge is -2.22. The van der Waals surface area contributed by atoms with Crippen LogP contribution in [0.2, 0.25) is 0 Å². The fraction of sp³-hybridized carbons (Fsp3) is 0.350. The number of rotatable bonds is 3. The highest BCUT2D eigenvalue weighted by atomic mass is 32.2. The van der Waals surface area contributed by atoms with Gasteiger partial charge in [0.25, 0.3) is 0 Å². The van der Waals surface area contributed by atoms with Gasteiger partial charge in [-0.05, 0) is 51.3 Å². The molecule has 0 spiro atoms. The normalized spacial score (nSPS) is 16.3. The Morgan fingerprint density at radius 1 is 1.27 bits per heavy atom. The molecule has 3 aromatic rings. The lowest BCUT2D eigenvalue weighted by Crippen LogP contribution is -2.37. The summed E-state index contributed by atoms with van der Waals surface area (Å²) in [7, 11) is 0. The van der Waals surface area contributed by atoms with E-state index in [9.17, 15) is 4.79 Å². The van der Waals surface area contributed by atoms with E-state index >= 15 is 0 Å². The molecule has 3 heterocycles. The maximum Gasteiger partial charge on any atom is 0.237 e. The second-order valence-corrected chi connectivity index (χ2v) is 8.94. The van der Waals surface area contributed by atoms with Gasteiger partial charge in [0.1, 0.15) is 15.7 Å². The van der Waals surface area contributed by atoms with Gasteiger partial charge in [-0.25, -0.2) is 9.97 Å². The van der Waals surface area contributed by atoms with Crippen LogP contribution in [-0.4, -0.2) is 27.7 Å². The number of thioether (sulfide) groups is 1. The molecule has 1 unspecified atom stereocenters. The first-order valence-electron chi connectivity index (χ1n) is 8.73. The van der Waals surface area contributed by atoms with Crippen molar-refractivity contribution in [3.63, 3.8) is 0 Å². The van der Waals surface area contributed by atoms with Gasteiger partial charge in [-0.2, -0.15) is 0 Å². The monoisotopic (exact) mass is 383 g/mol. The van der Waals surface area contributed by atoms with Crippen molar-refractivity contribution in [3.05, 3.63) is 46.1 Å². The van der Waals surface area contributed by atoms with E-state index in [0.29, 0.717) is 5.75 Å². The highest BCUT2D eigenvalue weighted by Gasteiger charge is 2.30. The van der Waals surface area contributed by atoms with Gasteiger partial charge in [0.2, 0.25) is 5.91 Å². The van der Waals surface area contributed by atoms with Gasteiger partial charge in [-0.15, -0.1) is 11.3 Å². The van der Waals surface area contributed by atoms with Crippen LogP contribution >= 0.6 is 23.1 Å². The quantitative estimate of drug-likeness (QED) is 0.486. The topological polar surface area (TPSA) is 46.1 Å². The molecule has 0 fully saturated rings. The second kappa shape index (κ2) is 6.67. The zero-order valence-corrected chi connectivity index (χ0v) is 17.0. The number of fused-ring (bicyclic) bond motifs is 2. The van der Waals surface area contributed by atoms with Crippen LogP contribution in [0.5, 0.6) is 0 Å². The molecule has 26 heavy (non-hydrogen) atoms. The number of nitrogens with zero attached hydrogens (tertiary/aromatic N) is 3. The number of amides is 1. The van der Waals surface area contributed by atoms with E-state index in [4.69, 9.17) is 0 Å². The Balaban J connectivity index is 1.60. The number of carbonyl (C=O) groups is 1. The average Bonchev–Trinajstić information content (AvgIpc) is 3.08. The number of carbonyl (C=O) groups excluding carboxylic acids is 1. The Labute approximate surface area is 161 Å². The standard InChI is InChI=1S/C20H21N3OS2/c1-11-9-15-7-5-6-8-16(15)23(11)17(24)10-25-19-18-12(2)13(3)26-20(18)22-14(4)21-19/h5-8,11H,9-10H2,1-4H3. The van der Waals surface area contributed by atoms with E-state index in [0.717, 1.165) is 33.2 Å². The molecule has 2 aromatic heterocycles. The zero-order valence-electron chi connectivity index (χ0n) is 15.4. The Hall–Kier alpha value is -1.92. The summed E-state index contributed by atoms with van der Waals surface area (Å²) >= 11 is 3.23. The van der Waals surface area contributed by atoms with Crippen molar-refractivity contribution in [2.75, 3.05) is 10.7 Å². The van der Waals surface area contributed by atoms with Crippen LogP contribution in [0.3, 0.4) is 0 Å². The van der Waals surface area contributed by atoms with Crippen molar-refractivity contribution in [1.82, 2.24) is 9.97 Å². The molecule has 134 valence electrons. The van der Waals surface area contributed by atoms with Crippen LogP contribution in [0.4, 0.5) is 5.69 Å². The van der Waals surface area contributed by atoms with Crippen molar-refractivity contribution >= 4 is 44.9 Å². The van der Waals surface area contributed by atoms with Crippen molar-refractivity contribution in [2.24, 2.45) is 0 Å². The lowest BCUT2D eigenvalue weighted by atomic mass is 10.1. The summed E-state index contributed by atoms with van der Waals surface area (Å²) in [5.41, 5.74) is 3.53. The van der Waals surface area contributed by atoms with E-state index in [1.54, 1.807) is 11.3 Å². The Morgan fingerprint density at radius 3 is 2.85 bits per heavy atom. The Bertz CT molecular complexity index is 1010. The van der Waals surface area contributed by atoms with Gasteiger partial charge < -0.3 is 4.90 Å². The van der Waals surface area contributed by atoms with Crippen LogP contribution in [0.15, 0.2) is 29.3 Å². The molecule has 1 amide bonds. The molecular formula is C20H21N3OS2. The van der Waals surface area contributed by atoms with E-state index in [-0.39, 0.29) is 11.9 Å². The van der Waals surface area contributed by atoms with E-state index in [2.05, 4.69) is 36.8 Å². The Morgan fingerprint density at radius 2 is 2.04 bits per heavy atom. The average molecular weight is 384 g/mol. The number of para-hydroxylation sites is 1. The van der Waals surface area contributed by atoms with Gasteiger partial charge in [-0.3, -0.25) is 4.79 Å². The third-order valence-electron chi connectivity index (χ3n) is 4.92. The first-order valence-corrected chi connectivity index (χ1v) is 10.5. The first-order chi connectivity index (χ1) is 12.5. The fourth-order valence-corrected chi connectivity index (χ4v) is 5.69. The zero-order chi connectivity index (χ0) is 18.4. The number of benzene rings is 1. The fourth-order valence-electron chi connectivity index (χ4n) is 3.56. The highest BCUT2D eigenvalue weighted by Crippen LogP contribution is 2.36. The third-order valence-corrected chi connectivity index (χ3v) is 6.98. The predicted octanol–water partition coefficient (Wildman–Crippen LogP) is 4.69. The van der Waals surface area contributed by atoms with Crippen LogP contribution in [0.25, 0.3) is 10.2 Å². The summed E-state index contributed by atoms with van der Waals surface area (Å²) in [6, 6.07) is 8.40. The number of anilines is 1. The summed E-state index contributed by atoms with van der Waals surface area (Å²) in [4.78, 5) is 26.4. The van der Waals surface area contributed by atoms with E-state index < -0.39 is 0 Å². The SMILES string of the molecule is Cc1nc(SCC(=O)N2c3ccccc3CC2C)c2c(C)c(C)sc2n1. The maximum atomic E-state index is 13.0. The van der Waals surface area contributed by atoms with E-state index in [1.165, 1.54) is 27.8 Å². The molecule has 0 N–H and O–H groups in total. The molecule has 6 heteroatoms. The summed E-state index contributed by atoms with van der Waals surface area (Å²) in [6.45, 7) is 8.24. The molecular weight excluding hydrogens is 362 g/mol. The lowest BCUT2D eigenvalue weighted by molar-refractivity contribution is -0.116. The minimum Gasteiger partial charge on any atom is -0.308 e. The first kappa shape index (κ1) is 17.5. The van der Waals surface area contributed by atoms with Crippen LogP contribution in [-0.2, 0) is 11.2 Å². The van der Waals surface area contributed by atoms with Crippen molar-refractivity contribution < 1.29 is 4.79 Å². The van der Waals surface area contributed by atoms with Crippen molar-refractivity contribution in [3.8, 4) is 0 Å². The largest absolute Gasteiger partial charge is 0.308 e. The third kappa shape index (κ3) is 2.91. The predicted molar refractivity (Wildman–Crippen MR) is 109 cm³/mol. The summed E-state index contributed by atoms with van der Waals surface area (Å²) in [6.07, 6.45) is 0.923. The molecule has 0 saturated carbocycles. The van der Waals surface area contributed by atoms with Crippen molar-refractivity contribution in [2.45, 2.75) is 45.2 Å². The molecule has 0 saturated heterocycles. The highest BCUT2D eigenvalue weighted by molar-refractivity contribution is 8.00. The minimum absolute atomic E-state index is 0.140. The Kier molecular flexibility index (Phi) is 4.49. The molecule has 1 aliphatic heterocycles. The van der Waals surface area contributed by atoms with Crippen LogP contribution in [0.1, 0.15) is 28.8 Å². The molecule has 1 atom stereocenters. The van der Waals surface area contributed by atoms with E-state index in [1.807, 2.05) is 30.0 Å². The molecule has 4 nitrogen and oxygen atoms in total. The van der Waals surface area contributed by atoms with Crippen molar-refractivity contribution in [1.29, 1.82) is 0 Å². The van der Waals surface area contributed by atoms with Gasteiger partial charge in [-0.1, -0.05) is 30.0 Å². The summed E-state index contributed by atoms with van der Waals surface area (Å²) in [5.74, 6) is 1.29. The van der Waals surface area contributed by atoms with Gasteiger partial charge in [0.05, 0.1) is 5.75 Å². The molecule has 1 aliphatic rings. The van der Waals surface area contributed by atoms with Gasteiger partial charge >= 0.3 is 0 Å². The van der Waals surface area contributed by atoms with Crippen LogP contribution < -0.4 is 4.90 Å². The molecule has 0 radical (unpaired) electrons. The summed E-state index contributed by atoms with van der Waals surface area (Å²) in [5, 5.41) is 2.02.